The number of benzene rings is 1. The van der Waals surface area contributed by atoms with Crippen molar-refractivity contribution < 1.29 is 18.0 Å². The number of anilines is 1. The number of furan rings is 1. The summed E-state index contributed by atoms with van der Waals surface area (Å²) in [4.78, 5) is 15.8. The van der Waals surface area contributed by atoms with Crippen LogP contribution in [0.25, 0.3) is 23.1 Å². The Kier molecular flexibility index (Phi) is 3.98. The van der Waals surface area contributed by atoms with Crippen LogP contribution in [0.2, 0.25) is 0 Å². The fraction of sp³-hybridized carbons (Fsp3) is 0. The lowest BCUT2D eigenvalue weighted by molar-refractivity contribution is 0.102. The van der Waals surface area contributed by atoms with Gasteiger partial charge >= 0.3 is 0 Å². The molecule has 7 nitrogen and oxygen atoms in total. The van der Waals surface area contributed by atoms with Crippen molar-refractivity contribution in [3.63, 3.8) is 0 Å². The fourth-order valence-corrected chi connectivity index (χ4v) is 2.33. The van der Waals surface area contributed by atoms with Gasteiger partial charge in [0.1, 0.15) is 0 Å². The number of carbonyl (C=O) groups is 1. The van der Waals surface area contributed by atoms with Crippen LogP contribution in [0.4, 0.5) is 10.1 Å². The molecule has 0 radical (unpaired) electrons. The third kappa shape index (κ3) is 3.07. The van der Waals surface area contributed by atoms with Gasteiger partial charge in [0.25, 0.3) is 11.8 Å². The van der Waals surface area contributed by atoms with Crippen LogP contribution in [-0.2, 0) is 0 Å². The Balaban J connectivity index is 1.57. The molecule has 3 heterocycles. The standard InChI is InChI=1S/C18H11FN4O3/c19-14-10-20-7-6-13(14)16(24)21-12-4-1-3-11(9-12)17-22-23-18(26-17)15-5-2-8-25-15/h1-10H,(H,21,24). The Bertz CT molecular complexity index is 1060. The molecule has 0 aliphatic rings. The number of aromatic nitrogens is 3. The van der Waals surface area contributed by atoms with Crippen LogP contribution in [0, 0.1) is 5.82 Å². The van der Waals surface area contributed by atoms with E-state index in [2.05, 4.69) is 20.5 Å². The average Bonchev–Trinajstić information content (AvgIpc) is 3.34. The maximum Gasteiger partial charge on any atom is 0.283 e. The highest BCUT2D eigenvalue weighted by molar-refractivity contribution is 6.04. The highest BCUT2D eigenvalue weighted by atomic mass is 19.1. The van der Waals surface area contributed by atoms with Crippen LogP contribution >= 0.6 is 0 Å². The number of nitrogens with one attached hydrogen (secondary N) is 1. The van der Waals surface area contributed by atoms with Crippen molar-refractivity contribution in [3.05, 3.63) is 72.5 Å². The Morgan fingerprint density at radius 1 is 1.08 bits per heavy atom. The number of hydrogen-bond donors (Lipinski definition) is 1. The third-order valence-electron chi connectivity index (χ3n) is 3.54. The molecule has 4 rings (SSSR count). The number of carbonyl (C=O) groups excluding carboxylic acids is 1. The monoisotopic (exact) mass is 350 g/mol. The number of rotatable bonds is 4. The first-order valence-electron chi connectivity index (χ1n) is 7.59. The summed E-state index contributed by atoms with van der Waals surface area (Å²) < 4.78 is 24.5. The zero-order chi connectivity index (χ0) is 17.9. The Morgan fingerprint density at radius 2 is 1.96 bits per heavy atom. The van der Waals surface area contributed by atoms with Gasteiger partial charge in [-0.15, -0.1) is 10.2 Å². The second kappa shape index (κ2) is 6.60. The molecule has 128 valence electrons. The Labute approximate surface area is 146 Å². The van der Waals surface area contributed by atoms with Gasteiger partial charge in [-0.3, -0.25) is 9.78 Å². The van der Waals surface area contributed by atoms with Gasteiger partial charge in [0.05, 0.1) is 18.0 Å². The van der Waals surface area contributed by atoms with Crippen LogP contribution < -0.4 is 5.32 Å². The van der Waals surface area contributed by atoms with E-state index in [4.69, 9.17) is 8.83 Å². The highest BCUT2D eigenvalue weighted by Crippen LogP contribution is 2.26. The van der Waals surface area contributed by atoms with Crippen LogP contribution in [0.3, 0.4) is 0 Å². The van der Waals surface area contributed by atoms with Crippen LogP contribution in [-0.4, -0.2) is 21.1 Å². The summed E-state index contributed by atoms with van der Waals surface area (Å²) in [5.41, 5.74) is 0.966. The molecule has 8 heteroatoms. The summed E-state index contributed by atoms with van der Waals surface area (Å²) in [6.45, 7) is 0. The summed E-state index contributed by atoms with van der Waals surface area (Å²) in [6.07, 6.45) is 3.84. The van der Waals surface area contributed by atoms with E-state index in [1.165, 1.54) is 18.5 Å². The lowest BCUT2D eigenvalue weighted by Gasteiger charge is -2.06. The van der Waals surface area contributed by atoms with E-state index in [1.54, 1.807) is 36.4 Å². The Morgan fingerprint density at radius 3 is 2.77 bits per heavy atom. The van der Waals surface area contributed by atoms with Gasteiger partial charge in [0, 0.05) is 17.4 Å². The summed E-state index contributed by atoms with van der Waals surface area (Å²) in [5.74, 6) is -0.299. The SMILES string of the molecule is O=C(Nc1cccc(-c2nnc(-c3ccco3)o2)c1)c1ccncc1F. The minimum atomic E-state index is -0.693. The summed E-state index contributed by atoms with van der Waals surface area (Å²) in [7, 11) is 0. The second-order valence-corrected chi connectivity index (χ2v) is 5.28. The highest BCUT2D eigenvalue weighted by Gasteiger charge is 2.14. The van der Waals surface area contributed by atoms with Gasteiger partial charge < -0.3 is 14.2 Å². The first-order chi connectivity index (χ1) is 12.7. The Hall–Kier alpha value is -3.81. The van der Waals surface area contributed by atoms with Crippen molar-refractivity contribution in [2.24, 2.45) is 0 Å². The van der Waals surface area contributed by atoms with E-state index in [9.17, 15) is 9.18 Å². The van der Waals surface area contributed by atoms with E-state index in [0.29, 0.717) is 17.0 Å². The molecule has 1 aromatic carbocycles. The number of hydrogen-bond acceptors (Lipinski definition) is 6. The lowest BCUT2D eigenvalue weighted by Crippen LogP contribution is -2.13. The molecule has 0 saturated carbocycles. The van der Waals surface area contributed by atoms with E-state index >= 15 is 0 Å². The smallest absolute Gasteiger partial charge is 0.283 e. The van der Waals surface area contributed by atoms with E-state index in [-0.39, 0.29) is 17.3 Å². The first kappa shape index (κ1) is 15.7. The normalized spacial score (nSPS) is 10.7. The molecule has 0 fully saturated rings. The molecule has 1 N–H and O–H groups in total. The van der Waals surface area contributed by atoms with Crippen LogP contribution in [0.15, 0.2) is 70.0 Å². The summed E-state index contributed by atoms with van der Waals surface area (Å²) >= 11 is 0. The summed E-state index contributed by atoms with van der Waals surface area (Å²) in [6, 6.07) is 11.5. The third-order valence-corrected chi connectivity index (χ3v) is 3.54. The first-order valence-corrected chi connectivity index (χ1v) is 7.59. The van der Waals surface area contributed by atoms with Crippen molar-refractivity contribution in [2.75, 3.05) is 5.32 Å². The van der Waals surface area contributed by atoms with E-state index < -0.39 is 11.7 Å². The van der Waals surface area contributed by atoms with Gasteiger partial charge in [-0.1, -0.05) is 6.07 Å². The molecule has 4 aromatic rings. The van der Waals surface area contributed by atoms with Crippen molar-refractivity contribution in [2.45, 2.75) is 0 Å². The van der Waals surface area contributed by atoms with Crippen LogP contribution in [0.5, 0.6) is 0 Å². The van der Waals surface area contributed by atoms with Gasteiger partial charge in [-0.25, -0.2) is 4.39 Å². The van der Waals surface area contributed by atoms with Crippen molar-refractivity contribution in [3.8, 4) is 23.1 Å². The zero-order valence-corrected chi connectivity index (χ0v) is 13.2. The van der Waals surface area contributed by atoms with E-state index in [0.717, 1.165) is 6.20 Å². The molecule has 0 saturated heterocycles. The zero-order valence-electron chi connectivity index (χ0n) is 13.2. The molecule has 0 spiro atoms. The van der Waals surface area contributed by atoms with Gasteiger partial charge in [0.15, 0.2) is 11.6 Å². The van der Waals surface area contributed by atoms with Crippen molar-refractivity contribution >= 4 is 11.6 Å². The molecule has 26 heavy (non-hydrogen) atoms. The summed E-state index contributed by atoms with van der Waals surface area (Å²) in [5, 5.41) is 10.5. The average molecular weight is 350 g/mol. The quantitative estimate of drug-likeness (QED) is 0.602. The van der Waals surface area contributed by atoms with Crippen molar-refractivity contribution in [1.82, 2.24) is 15.2 Å². The second-order valence-electron chi connectivity index (χ2n) is 5.28. The molecule has 1 amide bonds. The molecule has 0 unspecified atom stereocenters. The number of amides is 1. The minimum absolute atomic E-state index is 0.0942. The number of pyridine rings is 1. The topological polar surface area (TPSA) is 94.1 Å². The predicted molar refractivity (Wildman–Crippen MR) is 89.6 cm³/mol. The van der Waals surface area contributed by atoms with E-state index in [1.807, 2.05) is 0 Å². The molecule has 3 aromatic heterocycles. The van der Waals surface area contributed by atoms with Crippen molar-refractivity contribution in [1.29, 1.82) is 0 Å². The maximum absolute atomic E-state index is 13.7. The molecule has 0 atom stereocenters. The molecular weight excluding hydrogens is 339 g/mol. The minimum Gasteiger partial charge on any atom is -0.459 e. The fourth-order valence-electron chi connectivity index (χ4n) is 2.33. The van der Waals surface area contributed by atoms with Gasteiger partial charge in [-0.2, -0.15) is 0 Å². The largest absolute Gasteiger partial charge is 0.459 e. The number of halogens is 1. The van der Waals surface area contributed by atoms with Gasteiger partial charge in [-0.05, 0) is 36.4 Å². The van der Waals surface area contributed by atoms with Gasteiger partial charge in [0.2, 0.25) is 5.89 Å². The van der Waals surface area contributed by atoms with Crippen LogP contribution in [0.1, 0.15) is 10.4 Å². The maximum atomic E-state index is 13.7. The molecular formula is C18H11FN4O3. The number of nitrogens with zero attached hydrogens (tertiary/aromatic N) is 3. The molecule has 0 bridgehead atoms. The lowest BCUT2D eigenvalue weighted by atomic mass is 10.2. The molecule has 0 aliphatic heterocycles. The molecule has 0 aliphatic carbocycles. The predicted octanol–water partition coefficient (Wildman–Crippen LogP) is 3.78.